The Labute approximate surface area is 239 Å². The molecule has 4 nitrogen and oxygen atoms in total. The third-order valence-corrected chi connectivity index (χ3v) is 8.21. The molecule has 0 bridgehead atoms. The van der Waals surface area contributed by atoms with E-state index >= 15 is 0 Å². The fraction of sp³-hybridized carbons (Fsp3) is 0.0556. The average molecular weight is 526 g/mol. The van der Waals surface area contributed by atoms with Crippen LogP contribution in [0.2, 0.25) is 0 Å². The summed E-state index contributed by atoms with van der Waals surface area (Å²) in [6, 6.07) is 47.0. The third kappa shape index (κ3) is 4.27. The van der Waals surface area contributed by atoms with Crippen molar-refractivity contribution in [2.75, 3.05) is 5.32 Å². The molecule has 0 spiro atoms. The first-order chi connectivity index (χ1) is 20.3. The van der Waals surface area contributed by atoms with Crippen LogP contribution in [0, 0.1) is 0 Å². The molecule has 41 heavy (non-hydrogen) atoms. The molecule has 0 amide bonds. The van der Waals surface area contributed by atoms with Crippen molar-refractivity contribution >= 4 is 51.6 Å². The number of nitrogens with one attached hydrogen (secondary N) is 2. The smallest absolute Gasteiger partial charge is 0.192 e. The summed E-state index contributed by atoms with van der Waals surface area (Å²) in [5, 5.41) is 12.6. The Balaban J connectivity index is 1.19. The Morgan fingerprint density at radius 3 is 2.15 bits per heavy atom. The summed E-state index contributed by atoms with van der Waals surface area (Å²) in [5.41, 5.74) is 7.08. The molecule has 2 unspecified atom stereocenters. The van der Waals surface area contributed by atoms with Gasteiger partial charge in [-0.3, -0.25) is 0 Å². The second-order valence-electron chi connectivity index (χ2n) is 10.7. The van der Waals surface area contributed by atoms with Crippen molar-refractivity contribution in [2.24, 2.45) is 9.98 Å². The Morgan fingerprint density at radius 2 is 1.29 bits per heavy atom. The van der Waals surface area contributed by atoms with Crippen LogP contribution in [0.4, 0.5) is 5.69 Å². The van der Waals surface area contributed by atoms with E-state index in [1.165, 1.54) is 38.3 Å². The molecule has 5 heteroatoms. The van der Waals surface area contributed by atoms with Crippen LogP contribution < -0.4 is 16.1 Å². The van der Waals surface area contributed by atoms with E-state index in [-0.39, 0.29) is 12.1 Å². The van der Waals surface area contributed by atoms with E-state index in [0.717, 1.165) is 35.6 Å². The zero-order chi connectivity index (χ0) is 27.2. The molecule has 2 aliphatic heterocycles. The number of fused-ring (bicyclic) bond motifs is 4. The number of hydrogen-bond donors (Lipinski definition) is 2. The molecule has 2 aliphatic rings. The zero-order valence-corrected chi connectivity index (χ0v) is 22.5. The van der Waals surface area contributed by atoms with Crippen LogP contribution in [0.3, 0.4) is 0 Å². The quantitative estimate of drug-likeness (QED) is 0.252. The highest BCUT2D eigenvalue weighted by Crippen LogP contribution is 2.35. The lowest BCUT2D eigenvalue weighted by molar-refractivity contribution is 0.675. The molecular weight excluding hydrogens is 499 g/mol. The highest BCUT2D eigenvalue weighted by Gasteiger charge is 2.27. The predicted octanol–water partition coefficient (Wildman–Crippen LogP) is 6.67. The maximum atomic E-state index is 5.09. The Kier molecular flexibility index (Phi) is 5.66. The minimum atomic E-state index is -0.256. The summed E-state index contributed by atoms with van der Waals surface area (Å²) in [6.45, 7) is 0. The van der Waals surface area contributed by atoms with Gasteiger partial charge in [-0.1, -0.05) is 133 Å². The molecule has 0 saturated heterocycles. The number of anilines is 1. The Morgan fingerprint density at radius 1 is 0.585 bits per heavy atom. The predicted molar refractivity (Wildman–Crippen MR) is 173 cm³/mol. The summed E-state index contributed by atoms with van der Waals surface area (Å²) in [6.07, 6.45) is -0.256. The highest BCUT2D eigenvalue weighted by molar-refractivity contribution is 6.61. The van der Waals surface area contributed by atoms with Crippen molar-refractivity contribution in [3.05, 3.63) is 156 Å². The summed E-state index contributed by atoms with van der Waals surface area (Å²) in [7, 11) is 0.965. The normalized spacial score (nSPS) is 17.7. The van der Waals surface area contributed by atoms with E-state index in [0.29, 0.717) is 0 Å². The highest BCUT2D eigenvalue weighted by atomic mass is 15.2. The van der Waals surface area contributed by atoms with Crippen molar-refractivity contribution in [1.82, 2.24) is 5.32 Å². The molecule has 194 valence electrons. The lowest BCUT2D eigenvalue weighted by Gasteiger charge is -2.24. The zero-order valence-electron chi connectivity index (χ0n) is 22.5. The van der Waals surface area contributed by atoms with Gasteiger partial charge in [-0.15, -0.1) is 0 Å². The fourth-order valence-electron chi connectivity index (χ4n) is 6.16. The summed E-state index contributed by atoms with van der Waals surface area (Å²) in [4.78, 5) is 10.0. The third-order valence-electron chi connectivity index (χ3n) is 8.21. The lowest BCUT2D eigenvalue weighted by atomic mass is 9.63. The molecule has 2 N–H and O–H groups in total. The minimum absolute atomic E-state index is 0.234. The molecule has 6 aromatic rings. The monoisotopic (exact) mass is 526 g/mol. The number of hydrogen-bond acceptors (Lipinski definition) is 4. The van der Waals surface area contributed by atoms with Gasteiger partial charge in [0.2, 0.25) is 0 Å². The van der Waals surface area contributed by atoms with E-state index in [4.69, 9.17) is 9.98 Å². The summed E-state index contributed by atoms with van der Waals surface area (Å²) >= 11 is 0. The molecule has 0 fully saturated rings. The number of rotatable bonds is 4. The van der Waals surface area contributed by atoms with E-state index in [1.807, 2.05) is 36.4 Å². The van der Waals surface area contributed by atoms with Crippen LogP contribution in [0.5, 0.6) is 0 Å². The van der Waals surface area contributed by atoms with Gasteiger partial charge in [0, 0.05) is 28.1 Å². The summed E-state index contributed by atoms with van der Waals surface area (Å²) in [5.74, 6) is 1.80. The Hall–Kier alpha value is -5.16. The summed E-state index contributed by atoms with van der Waals surface area (Å²) < 4.78 is 0. The molecule has 0 aliphatic carbocycles. The molecule has 0 saturated carbocycles. The SMILES string of the molecule is B1c2ccc3ccc(C4N=C(c5ccccc5)N=C(c5ccccc5)N4)cc3c2NC1c1cccc2ccccc12. The van der Waals surface area contributed by atoms with Gasteiger partial charge in [0.05, 0.1) is 0 Å². The molecule has 0 radical (unpaired) electrons. The largest absolute Gasteiger partial charge is 0.385 e. The van der Waals surface area contributed by atoms with Crippen LogP contribution >= 0.6 is 0 Å². The van der Waals surface area contributed by atoms with Gasteiger partial charge in [-0.25, -0.2) is 9.98 Å². The Bertz CT molecular complexity index is 1980. The van der Waals surface area contributed by atoms with Gasteiger partial charge < -0.3 is 10.6 Å². The van der Waals surface area contributed by atoms with Crippen molar-refractivity contribution in [2.45, 2.75) is 12.1 Å². The first-order valence-electron chi connectivity index (χ1n) is 14.1. The fourth-order valence-corrected chi connectivity index (χ4v) is 6.16. The molecular formula is C36H27BN4. The molecule has 0 aromatic heterocycles. The number of amidine groups is 2. The van der Waals surface area contributed by atoms with Crippen molar-refractivity contribution < 1.29 is 0 Å². The van der Waals surface area contributed by atoms with E-state index in [9.17, 15) is 0 Å². The second-order valence-corrected chi connectivity index (χ2v) is 10.7. The molecule has 2 heterocycles. The van der Waals surface area contributed by atoms with Crippen molar-refractivity contribution in [1.29, 1.82) is 0 Å². The van der Waals surface area contributed by atoms with Gasteiger partial charge in [0.25, 0.3) is 0 Å². The molecule has 2 atom stereocenters. The van der Waals surface area contributed by atoms with Gasteiger partial charge in [-0.2, -0.15) is 0 Å². The van der Waals surface area contributed by atoms with Gasteiger partial charge >= 0.3 is 0 Å². The number of benzene rings is 6. The maximum absolute atomic E-state index is 5.09. The van der Waals surface area contributed by atoms with Crippen LogP contribution in [-0.4, -0.2) is 19.0 Å². The van der Waals surface area contributed by atoms with Crippen LogP contribution in [0.25, 0.3) is 21.5 Å². The standard InChI is InChI=1S/C36H27BN4/c1-3-11-25(12-4-1)34-39-35(26-13-5-2-6-14-26)41-36(40-34)27-19-18-24-20-21-31-32(30(24)22-27)38-33(37-31)29-17-9-15-23-10-7-8-16-28(23)29/h1-22,33,36-38H,(H,39,40,41). The first-order valence-corrected chi connectivity index (χ1v) is 14.1. The van der Waals surface area contributed by atoms with Crippen LogP contribution in [-0.2, 0) is 0 Å². The van der Waals surface area contributed by atoms with E-state index in [1.54, 1.807) is 0 Å². The molecule has 6 aromatic carbocycles. The minimum Gasteiger partial charge on any atom is -0.385 e. The maximum Gasteiger partial charge on any atom is 0.192 e. The number of aliphatic imine (C=N–C) groups is 2. The van der Waals surface area contributed by atoms with Crippen LogP contribution in [0.15, 0.2) is 143 Å². The number of nitrogens with zero attached hydrogens (tertiary/aromatic N) is 2. The topological polar surface area (TPSA) is 48.8 Å². The molecule has 8 rings (SSSR count). The average Bonchev–Trinajstić information content (AvgIpc) is 3.50. The van der Waals surface area contributed by atoms with Gasteiger partial charge in [-0.05, 0) is 33.4 Å². The van der Waals surface area contributed by atoms with Crippen LogP contribution in [0.1, 0.15) is 34.4 Å². The van der Waals surface area contributed by atoms with E-state index in [2.05, 4.69) is 108 Å². The van der Waals surface area contributed by atoms with Gasteiger partial charge in [0.1, 0.15) is 12.0 Å². The van der Waals surface area contributed by atoms with E-state index < -0.39 is 0 Å². The van der Waals surface area contributed by atoms with Gasteiger partial charge in [0.15, 0.2) is 13.1 Å². The lowest BCUT2D eigenvalue weighted by Crippen LogP contribution is -2.33. The second kappa shape index (κ2) is 9.79. The van der Waals surface area contributed by atoms with Crippen molar-refractivity contribution in [3.63, 3.8) is 0 Å². The van der Waals surface area contributed by atoms with Crippen molar-refractivity contribution in [3.8, 4) is 0 Å². The first kappa shape index (κ1) is 23.7.